The highest BCUT2D eigenvalue weighted by atomic mass is 32.1. The number of carbonyl (C=O) groups is 1. The van der Waals surface area contributed by atoms with Crippen LogP contribution in [0.15, 0.2) is 23.6 Å². The number of aryl methyl sites for hydroxylation is 2. The van der Waals surface area contributed by atoms with E-state index in [9.17, 15) is 4.79 Å². The Bertz CT molecular complexity index is 771. The lowest BCUT2D eigenvalue weighted by atomic mass is 9.98. The van der Waals surface area contributed by atoms with E-state index in [-0.39, 0.29) is 6.03 Å². The maximum Gasteiger partial charge on any atom is 0.321 e. The molecule has 5 nitrogen and oxygen atoms in total. The molecule has 1 aromatic heterocycles. The van der Waals surface area contributed by atoms with Gasteiger partial charge in [0.15, 0.2) is 5.13 Å². The molecular formula is C20H28N4OS. The second-order valence-electron chi connectivity index (χ2n) is 7.22. The van der Waals surface area contributed by atoms with Gasteiger partial charge in [0.2, 0.25) is 0 Å². The van der Waals surface area contributed by atoms with Crippen LogP contribution in [-0.2, 0) is 0 Å². The van der Waals surface area contributed by atoms with Crippen LogP contribution in [0.1, 0.15) is 43.0 Å². The summed E-state index contributed by atoms with van der Waals surface area (Å²) < 4.78 is 0. The summed E-state index contributed by atoms with van der Waals surface area (Å²) in [6, 6.07) is 6.21. The highest BCUT2D eigenvalue weighted by Crippen LogP contribution is 2.28. The van der Waals surface area contributed by atoms with Crippen molar-refractivity contribution in [2.24, 2.45) is 0 Å². The molecule has 0 bridgehead atoms. The second kappa shape index (κ2) is 8.08. The molecule has 3 rings (SSSR count). The molecule has 2 amide bonds. The van der Waals surface area contributed by atoms with Gasteiger partial charge >= 0.3 is 6.03 Å². The highest BCUT2D eigenvalue weighted by molar-refractivity contribution is 7.13. The molecule has 1 saturated heterocycles. The third-order valence-corrected chi connectivity index (χ3v) is 5.84. The van der Waals surface area contributed by atoms with Gasteiger partial charge in [0.1, 0.15) is 0 Å². The topological polar surface area (TPSA) is 48.5 Å². The largest absolute Gasteiger partial charge is 0.346 e. The molecule has 0 saturated carbocycles. The van der Waals surface area contributed by atoms with Crippen molar-refractivity contribution >= 4 is 28.2 Å². The number of carbonyl (C=O) groups excluding carboxylic acids is 1. The number of thiazole rings is 1. The number of nitrogens with zero attached hydrogens (tertiary/aromatic N) is 3. The van der Waals surface area contributed by atoms with Crippen molar-refractivity contribution in [2.75, 3.05) is 36.4 Å². The van der Waals surface area contributed by atoms with Gasteiger partial charge in [0.05, 0.1) is 5.69 Å². The monoisotopic (exact) mass is 372 g/mol. The molecule has 1 aliphatic rings. The van der Waals surface area contributed by atoms with Gasteiger partial charge < -0.3 is 15.1 Å². The fourth-order valence-electron chi connectivity index (χ4n) is 3.33. The zero-order valence-corrected chi connectivity index (χ0v) is 16.9. The highest BCUT2D eigenvalue weighted by Gasteiger charge is 2.22. The number of benzene rings is 1. The van der Waals surface area contributed by atoms with Gasteiger partial charge in [0, 0.05) is 37.2 Å². The van der Waals surface area contributed by atoms with Gasteiger partial charge in [-0.1, -0.05) is 32.0 Å². The lowest BCUT2D eigenvalue weighted by Gasteiger charge is -2.24. The normalized spacial score (nSPS) is 15.3. The van der Waals surface area contributed by atoms with Gasteiger partial charge in [-0.15, -0.1) is 11.3 Å². The Kier molecular flexibility index (Phi) is 5.81. The van der Waals surface area contributed by atoms with Gasteiger partial charge in [-0.05, 0) is 37.3 Å². The van der Waals surface area contributed by atoms with E-state index in [4.69, 9.17) is 0 Å². The lowest BCUT2D eigenvalue weighted by Crippen LogP contribution is -2.38. The summed E-state index contributed by atoms with van der Waals surface area (Å²) in [4.78, 5) is 21.7. The van der Waals surface area contributed by atoms with Crippen LogP contribution >= 0.6 is 11.3 Å². The van der Waals surface area contributed by atoms with Crippen molar-refractivity contribution in [2.45, 2.75) is 40.0 Å². The maximum absolute atomic E-state index is 12.9. The number of rotatable bonds is 3. The van der Waals surface area contributed by atoms with Crippen molar-refractivity contribution < 1.29 is 4.79 Å². The first-order chi connectivity index (χ1) is 12.5. The maximum atomic E-state index is 12.9. The Morgan fingerprint density at radius 2 is 2.00 bits per heavy atom. The fraction of sp³-hybridized carbons (Fsp3) is 0.500. The number of urea groups is 1. The molecule has 140 valence electrons. The van der Waals surface area contributed by atoms with Gasteiger partial charge in [-0.3, -0.25) is 0 Å². The SMILES string of the molecule is Cc1csc(N2CCCN(C(=O)Nc3c(C)cccc3C(C)C)CC2)n1. The molecule has 6 heteroatoms. The first-order valence-corrected chi connectivity index (χ1v) is 10.2. The first kappa shape index (κ1) is 18.7. The van der Waals surface area contributed by atoms with Gasteiger partial charge in [-0.25, -0.2) is 9.78 Å². The number of hydrogen-bond acceptors (Lipinski definition) is 4. The molecule has 2 heterocycles. The van der Waals surface area contributed by atoms with E-state index in [2.05, 4.69) is 59.6 Å². The number of amides is 2. The Balaban J connectivity index is 1.68. The minimum absolute atomic E-state index is 0.00151. The Labute approximate surface area is 160 Å². The second-order valence-corrected chi connectivity index (χ2v) is 8.06. The van der Waals surface area contributed by atoms with Gasteiger partial charge in [0.25, 0.3) is 0 Å². The summed E-state index contributed by atoms with van der Waals surface area (Å²) in [5.41, 5.74) is 4.32. The Morgan fingerprint density at radius 3 is 2.69 bits per heavy atom. The third-order valence-electron chi connectivity index (χ3n) is 4.82. The molecule has 1 fully saturated rings. The quantitative estimate of drug-likeness (QED) is 0.855. The predicted octanol–water partition coefficient (Wildman–Crippen LogP) is 4.63. The van der Waals surface area contributed by atoms with Crippen molar-refractivity contribution in [3.63, 3.8) is 0 Å². The molecule has 2 aromatic rings. The molecule has 0 atom stereocenters. The van der Waals surface area contributed by atoms with Crippen LogP contribution in [0.25, 0.3) is 0 Å². The van der Waals surface area contributed by atoms with Crippen LogP contribution < -0.4 is 10.2 Å². The molecule has 1 aromatic carbocycles. The van der Waals surface area contributed by atoms with Crippen molar-refractivity contribution in [3.8, 4) is 0 Å². The number of anilines is 2. The molecule has 1 N–H and O–H groups in total. The molecule has 0 unspecified atom stereocenters. The summed E-state index contributed by atoms with van der Waals surface area (Å²) >= 11 is 1.68. The van der Waals surface area contributed by atoms with Crippen LogP contribution in [0.4, 0.5) is 15.6 Å². The summed E-state index contributed by atoms with van der Waals surface area (Å²) in [6.45, 7) is 11.6. The fourth-order valence-corrected chi connectivity index (χ4v) is 4.18. The van der Waals surface area contributed by atoms with Crippen LogP contribution in [0.2, 0.25) is 0 Å². The average molecular weight is 373 g/mol. The number of para-hydroxylation sites is 1. The first-order valence-electron chi connectivity index (χ1n) is 9.28. The van der Waals surface area contributed by atoms with E-state index in [1.54, 1.807) is 11.3 Å². The molecule has 1 aliphatic heterocycles. The van der Waals surface area contributed by atoms with Crippen LogP contribution in [-0.4, -0.2) is 42.1 Å². The molecule has 0 spiro atoms. The minimum atomic E-state index is -0.00151. The van der Waals surface area contributed by atoms with Gasteiger partial charge in [-0.2, -0.15) is 0 Å². The average Bonchev–Trinajstić information content (AvgIpc) is 2.89. The molecule has 0 radical (unpaired) electrons. The van der Waals surface area contributed by atoms with Crippen LogP contribution in [0, 0.1) is 13.8 Å². The van der Waals surface area contributed by atoms with Crippen LogP contribution in [0.3, 0.4) is 0 Å². The van der Waals surface area contributed by atoms with Crippen molar-refractivity contribution in [1.29, 1.82) is 0 Å². The van der Waals surface area contributed by atoms with E-state index in [0.29, 0.717) is 12.5 Å². The van der Waals surface area contributed by atoms with E-state index in [1.165, 1.54) is 5.56 Å². The summed E-state index contributed by atoms with van der Waals surface area (Å²) in [5, 5.41) is 6.31. The Hall–Kier alpha value is -2.08. The summed E-state index contributed by atoms with van der Waals surface area (Å²) in [5.74, 6) is 0.373. The number of nitrogens with one attached hydrogen (secondary N) is 1. The Morgan fingerprint density at radius 1 is 1.19 bits per heavy atom. The summed E-state index contributed by atoms with van der Waals surface area (Å²) in [6.07, 6.45) is 0.955. The zero-order valence-electron chi connectivity index (χ0n) is 16.1. The summed E-state index contributed by atoms with van der Waals surface area (Å²) in [7, 11) is 0. The lowest BCUT2D eigenvalue weighted by molar-refractivity contribution is 0.215. The predicted molar refractivity (Wildman–Crippen MR) is 110 cm³/mol. The molecular weight excluding hydrogens is 344 g/mol. The van der Waals surface area contributed by atoms with E-state index >= 15 is 0 Å². The van der Waals surface area contributed by atoms with E-state index in [1.807, 2.05) is 11.8 Å². The van der Waals surface area contributed by atoms with E-state index in [0.717, 1.165) is 48.1 Å². The van der Waals surface area contributed by atoms with E-state index < -0.39 is 0 Å². The zero-order chi connectivity index (χ0) is 18.7. The molecule has 0 aliphatic carbocycles. The van der Waals surface area contributed by atoms with Crippen LogP contribution in [0.5, 0.6) is 0 Å². The smallest absolute Gasteiger partial charge is 0.321 e. The van der Waals surface area contributed by atoms with Crippen molar-refractivity contribution in [3.05, 3.63) is 40.4 Å². The van der Waals surface area contributed by atoms with Crippen molar-refractivity contribution in [1.82, 2.24) is 9.88 Å². The standard InChI is InChI=1S/C20H28N4OS/c1-14(2)17-8-5-7-15(3)18(17)22-19(25)23-9-6-10-24(12-11-23)20-21-16(4)13-26-20/h5,7-8,13-14H,6,9-12H2,1-4H3,(H,22,25). The third kappa shape index (κ3) is 4.18. The number of hydrogen-bond donors (Lipinski definition) is 1. The molecule has 26 heavy (non-hydrogen) atoms. The number of aromatic nitrogens is 1. The minimum Gasteiger partial charge on any atom is -0.346 e.